The molecule has 1 saturated heterocycles. The van der Waals surface area contributed by atoms with Gasteiger partial charge < -0.3 is 24.3 Å². The standard InChI is InChI=1S/C22H19N3O4/c1-24-10-19(26)25-16(22(24)27)9-14-13-4-2-3-5-15(13)23-20(14)21(25)12-6-7-17-18(8-12)29-11-28-17/h2-8,16,21,23H,9-11H2,1H3/t16-,21?/m1/s1/i11D2,16D. The number of aromatic amines is 1. The molecule has 1 N–H and O–H groups in total. The quantitative estimate of drug-likeness (QED) is 0.689. The molecular weight excluding hydrogens is 370 g/mol. The van der Waals surface area contributed by atoms with E-state index in [2.05, 4.69) is 4.98 Å². The van der Waals surface area contributed by atoms with Crippen molar-refractivity contribution < 1.29 is 23.2 Å². The maximum Gasteiger partial charge on any atom is 0.245 e. The third-order valence-electron chi connectivity index (χ3n) is 5.83. The molecule has 3 aliphatic rings. The zero-order chi connectivity index (χ0) is 22.4. The number of carbonyl (C=O) groups is 2. The topological polar surface area (TPSA) is 74.9 Å². The second-order valence-electron chi connectivity index (χ2n) is 7.51. The van der Waals surface area contributed by atoms with Crippen molar-refractivity contribution in [1.82, 2.24) is 14.8 Å². The van der Waals surface area contributed by atoms with Gasteiger partial charge in [0.05, 0.1) is 14.0 Å². The average molecular weight is 392 g/mol. The molecule has 0 saturated carbocycles. The Kier molecular flexibility index (Phi) is 2.71. The lowest BCUT2D eigenvalue weighted by Crippen LogP contribution is -2.62. The smallest absolute Gasteiger partial charge is 0.245 e. The Morgan fingerprint density at radius 3 is 2.90 bits per heavy atom. The van der Waals surface area contributed by atoms with Crippen molar-refractivity contribution in [2.75, 3.05) is 20.3 Å². The van der Waals surface area contributed by atoms with Crippen LogP contribution in [0.25, 0.3) is 10.9 Å². The number of hydrogen-bond acceptors (Lipinski definition) is 4. The van der Waals surface area contributed by atoms with Crippen LogP contribution in [-0.2, 0) is 16.0 Å². The number of amides is 2. The number of H-pyrrole nitrogens is 1. The lowest BCUT2D eigenvalue weighted by atomic mass is 9.86. The number of piperazine rings is 1. The molecule has 7 heteroatoms. The average Bonchev–Trinajstić information content (AvgIpc) is 3.25. The van der Waals surface area contributed by atoms with Gasteiger partial charge in [-0.1, -0.05) is 24.3 Å². The highest BCUT2D eigenvalue weighted by molar-refractivity contribution is 5.97. The van der Waals surface area contributed by atoms with Crippen LogP contribution in [0.15, 0.2) is 42.5 Å². The Balaban J connectivity index is 1.59. The van der Waals surface area contributed by atoms with Crippen LogP contribution in [0, 0.1) is 0 Å². The number of ether oxygens (including phenoxy) is 2. The van der Waals surface area contributed by atoms with Crippen molar-refractivity contribution in [2.24, 2.45) is 0 Å². The molecule has 146 valence electrons. The fraction of sp³-hybridized carbons (Fsp3) is 0.273. The Morgan fingerprint density at radius 2 is 2.00 bits per heavy atom. The summed E-state index contributed by atoms with van der Waals surface area (Å²) in [6, 6.07) is 10.0. The van der Waals surface area contributed by atoms with Gasteiger partial charge in [-0.2, -0.15) is 0 Å². The largest absolute Gasteiger partial charge is 0.454 e. The van der Waals surface area contributed by atoms with Crippen molar-refractivity contribution in [3.05, 3.63) is 59.3 Å². The van der Waals surface area contributed by atoms with Gasteiger partial charge in [-0.3, -0.25) is 9.59 Å². The number of fused-ring (bicyclic) bond motifs is 5. The summed E-state index contributed by atoms with van der Waals surface area (Å²) < 4.78 is 35.0. The fourth-order valence-corrected chi connectivity index (χ4v) is 4.51. The van der Waals surface area contributed by atoms with E-state index >= 15 is 0 Å². The number of nitrogens with zero attached hydrogens (tertiary/aromatic N) is 2. The number of carbonyl (C=O) groups excluding carboxylic acids is 2. The summed E-state index contributed by atoms with van der Waals surface area (Å²) in [5, 5.41) is 0.907. The van der Waals surface area contributed by atoms with Crippen LogP contribution >= 0.6 is 0 Å². The van der Waals surface area contributed by atoms with Crippen LogP contribution in [0.2, 0.25) is 0 Å². The van der Waals surface area contributed by atoms with Crippen molar-refractivity contribution in [1.29, 1.82) is 0 Å². The monoisotopic (exact) mass is 392 g/mol. The summed E-state index contributed by atoms with van der Waals surface area (Å²) in [6.07, 6.45) is 0.0743. The second kappa shape index (κ2) is 5.76. The summed E-state index contributed by atoms with van der Waals surface area (Å²) in [4.78, 5) is 32.4. The zero-order valence-electron chi connectivity index (χ0n) is 18.6. The minimum Gasteiger partial charge on any atom is -0.454 e. The first-order valence-electron chi connectivity index (χ1n) is 10.9. The third kappa shape index (κ3) is 2.24. The molecule has 1 aromatic heterocycles. The van der Waals surface area contributed by atoms with Gasteiger partial charge in [0.1, 0.15) is 8.76 Å². The van der Waals surface area contributed by atoms with E-state index in [1.54, 1.807) is 18.2 Å². The molecule has 6 rings (SSSR count). The number of likely N-dealkylation sites (N-methyl/N-ethyl adjacent to an activating group) is 1. The summed E-state index contributed by atoms with van der Waals surface area (Å²) in [6.45, 7) is -2.39. The van der Waals surface area contributed by atoms with E-state index in [1.165, 1.54) is 16.8 Å². The summed E-state index contributed by atoms with van der Waals surface area (Å²) in [7, 11) is 1.54. The van der Waals surface area contributed by atoms with E-state index < -0.39 is 24.7 Å². The molecule has 4 heterocycles. The van der Waals surface area contributed by atoms with Crippen LogP contribution < -0.4 is 9.47 Å². The van der Waals surface area contributed by atoms with Gasteiger partial charge in [0, 0.05) is 30.1 Å². The Hall–Kier alpha value is -3.48. The lowest BCUT2D eigenvalue weighted by Gasteiger charge is -2.46. The number of hydrogen-bond donors (Lipinski definition) is 1. The highest BCUT2D eigenvalue weighted by atomic mass is 16.7. The SMILES string of the molecule is [2H]C1([2H])Oc2ccc(C3c4[nH]c5ccccc5c4C[C@]4([2H])C(=O)N(C)CC(=O)N34)cc2O1. The highest BCUT2D eigenvalue weighted by Gasteiger charge is 2.47. The van der Waals surface area contributed by atoms with Crippen LogP contribution in [0.3, 0.4) is 0 Å². The normalized spacial score (nSPS) is 28.6. The van der Waals surface area contributed by atoms with Crippen molar-refractivity contribution in [3.63, 3.8) is 0 Å². The molecule has 3 aromatic rings. The van der Waals surface area contributed by atoms with Gasteiger partial charge in [-0.25, -0.2) is 0 Å². The van der Waals surface area contributed by atoms with E-state index in [1.807, 2.05) is 24.3 Å². The first-order chi connectivity index (χ1) is 15.2. The van der Waals surface area contributed by atoms with Gasteiger partial charge in [0.15, 0.2) is 11.5 Å². The van der Waals surface area contributed by atoms with E-state index in [-0.39, 0.29) is 30.4 Å². The summed E-state index contributed by atoms with van der Waals surface area (Å²) >= 11 is 0. The number of benzene rings is 2. The molecule has 0 radical (unpaired) electrons. The molecule has 0 bridgehead atoms. The molecule has 29 heavy (non-hydrogen) atoms. The van der Waals surface area contributed by atoms with Gasteiger partial charge in [-0.05, 0) is 29.3 Å². The second-order valence-corrected chi connectivity index (χ2v) is 7.51. The van der Waals surface area contributed by atoms with Crippen molar-refractivity contribution >= 4 is 22.7 Å². The third-order valence-corrected chi connectivity index (χ3v) is 5.83. The molecule has 7 nitrogen and oxygen atoms in total. The molecule has 2 amide bonds. The van der Waals surface area contributed by atoms with E-state index in [4.69, 9.17) is 13.6 Å². The van der Waals surface area contributed by atoms with E-state index in [9.17, 15) is 9.59 Å². The molecular formula is C22H19N3O4. The minimum absolute atomic E-state index is 0.0743. The Morgan fingerprint density at radius 1 is 1.17 bits per heavy atom. The Bertz CT molecular complexity index is 1320. The fourth-order valence-electron chi connectivity index (χ4n) is 4.51. The van der Waals surface area contributed by atoms with Gasteiger partial charge in [0.25, 0.3) is 0 Å². The zero-order valence-corrected chi connectivity index (χ0v) is 15.6. The van der Waals surface area contributed by atoms with Crippen LogP contribution in [0.5, 0.6) is 11.5 Å². The lowest BCUT2D eigenvalue weighted by molar-refractivity contribution is -0.157. The maximum atomic E-state index is 13.2. The summed E-state index contributed by atoms with van der Waals surface area (Å²) in [5.41, 5.74) is 3.01. The van der Waals surface area contributed by atoms with E-state index in [0.29, 0.717) is 5.56 Å². The van der Waals surface area contributed by atoms with Crippen LogP contribution in [0.4, 0.5) is 0 Å². The van der Waals surface area contributed by atoms with E-state index in [0.717, 1.165) is 22.2 Å². The number of rotatable bonds is 1. The highest BCUT2D eigenvalue weighted by Crippen LogP contribution is 2.44. The molecule has 2 atom stereocenters. The molecule has 2 aromatic carbocycles. The predicted octanol–water partition coefficient (Wildman–Crippen LogP) is 2.21. The number of para-hydroxylation sites is 1. The molecule has 0 spiro atoms. The number of nitrogens with one attached hydrogen (secondary N) is 1. The van der Waals surface area contributed by atoms with Gasteiger partial charge >= 0.3 is 0 Å². The van der Waals surface area contributed by atoms with Gasteiger partial charge in [-0.15, -0.1) is 0 Å². The first kappa shape index (κ1) is 13.7. The maximum absolute atomic E-state index is 13.2. The van der Waals surface area contributed by atoms with Gasteiger partial charge in [0.2, 0.25) is 18.6 Å². The Labute approximate surface area is 171 Å². The number of aromatic nitrogens is 1. The minimum atomic E-state index is -2.28. The van der Waals surface area contributed by atoms with Crippen molar-refractivity contribution in [3.8, 4) is 11.5 Å². The molecule has 3 aliphatic heterocycles. The van der Waals surface area contributed by atoms with Crippen LogP contribution in [-0.4, -0.2) is 53.0 Å². The molecule has 1 fully saturated rings. The molecule has 0 aliphatic carbocycles. The molecule has 1 unspecified atom stereocenters. The first-order valence-corrected chi connectivity index (χ1v) is 9.37. The predicted molar refractivity (Wildman–Crippen MR) is 105 cm³/mol. The van der Waals surface area contributed by atoms with Crippen molar-refractivity contribution in [2.45, 2.75) is 18.5 Å². The van der Waals surface area contributed by atoms with Crippen LogP contribution in [0.1, 0.15) is 27.0 Å². The summed E-state index contributed by atoms with van der Waals surface area (Å²) in [5.74, 6) is -0.303.